The molecule has 3 heteroatoms. The van der Waals surface area contributed by atoms with Gasteiger partial charge in [0.15, 0.2) is 0 Å². The lowest BCUT2D eigenvalue weighted by atomic mass is 9.86. The first-order chi connectivity index (χ1) is 9.78. The molecule has 0 fully saturated rings. The Morgan fingerprint density at radius 2 is 1.67 bits per heavy atom. The molecule has 0 saturated carbocycles. The average Bonchev–Trinajstić information content (AvgIpc) is 2.37. The van der Waals surface area contributed by atoms with Gasteiger partial charge in [-0.2, -0.15) is 0 Å². The molecule has 0 aromatic rings. The normalized spacial score (nSPS) is 12.3. The molecule has 0 aliphatic rings. The van der Waals surface area contributed by atoms with E-state index in [-0.39, 0.29) is 11.3 Å². The lowest BCUT2D eigenvalue weighted by Gasteiger charge is -2.30. The molecule has 0 aromatic heterocycles. The summed E-state index contributed by atoms with van der Waals surface area (Å²) in [7, 11) is 5.90. The molecule has 0 saturated heterocycles. The molecule has 0 unspecified atom stereocenters. The maximum Gasteiger partial charge on any atom is 0.246 e. The Balaban J connectivity index is 4.06. The number of nitrogens with zero attached hydrogens (tertiary/aromatic N) is 2. The number of carbonyl (C=O) groups excluding carboxylic acids is 1. The van der Waals surface area contributed by atoms with E-state index in [9.17, 15) is 4.79 Å². The summed E-state index contributed by atoms with van der Waals surface area (Å²) in [5.74, 6) is 0.107. The van der Waals surface area contributed by atoms with Crippen LogP contribution >= 0.6 is 0 Å². The summed E-state index contributed by atoms with van der Waals surface area (Å²) in [6.45, 7) is 8.40. The minimum Gasteiger partial charge on any atom is -0.342 e. The van der Waals surface area contributed by atoms with Crippen LogP contribution in [0.15, 0.2) is 12.2 Å². The predicted molar refractivity (Wildman–Crippen MR) is 92.5 cm³/mol. The highest BCUT2D eigenvalue weighted by Gasteiger charge is 2.21. The largest absolute Gasteiger partial charge is 0.342 e. The number of unbranched alkanes of at least 4 members (excludes halogenated alkanes) is 4. The third-order valence-electron chi connectivity index (χ3n) is 3.73. The van der Waals surface area contributed by atoms with Gasteiger partial charge in [0.05, 0.1) is 0 Å². The van der Waals surface area contributed by atoms with Crippen LogP contribution in [0.25, 0.3) is 0 Å². The van der Waals surface area contributed by atoms with Gasteiger partial charge in [-0.1, -0.05) is 59.0 Å². The summed E-state index contributed by atoms with van der Waals surface area (Å²) < 4.78 is 0. The molecule has 124 valence electrons. The SMILES string of the molecule is CCCCCCCC(C)(C)CN(C)C(=O)/C=C/CN(C)C. The van der Waals surface area contributed by atoms with Crippen molar-refractivity contribution < 1.29 is 4.79 Å². The molecule has 0 aliphatic heterocycles. The van der Waals surface area contributed by atoms with E-state index in [0.29, 0.717) is 0 Å². The molecule has 0 heterocycles. The standard InChI is InChI=1S/C18H36N2O/c1-7-8-9-10-11-14-18(2,3)16-20(6)17(21)13-12-15-19(4)5/h12-13H,7-11,14-16H2,1-6H3/b13-12+. The lowest BCUT2D eigenvalue weighted by molar-refractivity contribution is -0.126. The second kappa shape index (κ2) is 10.8. The number of likely N-dealkylation sites (N-methyl/N-ethyl adjacent to an activating group) is 2. The van der Waals surface area contributed by atoms with E-state index in [1.165, 1.54) is 38.5 Å². The monoisotopic (exact) mass is 296 g/mol. The molecule has 3 nitrogen and oxygen atoms in total. The highest BCUT2D eigenvalue weighted by atomic mass is 16.2. The van der Waals surface area contributed by atoms with Gasteiger partial charge in [-0.15, -0.1) is 0 Å². The van der Waals surface area contributed by atoms with Crippen molar-refractivity contribution in [3.8, 4) is 0 Å². The van der Waals surface area contributed by atoms with Gasteiger partial charge in [-0.05, 0) is 25.9 Å². The van der Waals surface area contributed by atoms with Crippen LogP contribution in [-0.2, 0) is 4.79 Å². The second-order valence-electron chi connectivity index (χ2n) is 7.19. The lowest BCUT2D eigenvalue weighted by Crippen LogP contribution is -2.35. The summed E-state index contributed by atoms with van der Waals surface area (Å²) in [4.78, 5) is 15.9. The molecule has 0 rings (SSSR count). The Labute approximate surface area is 132 Å². The second-order valence-corrected chi connectivity index (χ2v) is 7.19. The summed E-state index contributed by atoms with van der Waals surface area (Å²) >= 11 is 0. The average molecular weight is 296 g/mol. The number of amides is 1. The summed E-state index contributed by atoms with van der Waals surface area (Å²) in [5, 5.41) is 0. The molecule has 0 spiro atoms. The van der Waals surface area contributed by atoms with E-state index < -0.39 is 0 Å². The van der Waals surface area contributed by atoms with E-state index in [0.717, 1.165) is 13.1 Å². The molecule has 0 radical (unpaired) electrons. The van der Waals surface area contributed by atoms with Crippen molar-refractivity contribution in [1.82, 2.24) is 9.80 Å². The Morgan fingerprint density at radius 1 is 1.05 bits per heavy atom. The van der Waals surface area contributed by atoms with Gasteiger partial charge in [0.2, 0.25) is 5.91 Å². The zero-order valence-corrected chi connectivity index (χ0v) is 15.1. The fourth-order valence-corrected chi connectivity index (χ4v) is 2.50. The zero-order valence-electron chi connectivity index (χ0n) is 15.1. The van der Waals surface area contributed by atoms with E-state index in [4.69, 9.17) is 0 Å². The van der Waals surface area contributed by atoms with Gasteiger partial charge in [0.1, 0.15) is 0 Å². The maximum absolute atomic E-state index is 12.0. The van der Waals surface area contributed by atoms with Crippen LogP contribution in [0.5, 0.6) is 0 Å². The van der Waals surface area contributed by atoms with Gasteiger partial charge in [0.25, 0.3) is 0 Å². The first-order valence-corrected chi connectivity index (χ1v) is 8.35. The summed E-state index contributed by atoms with van der Waals surface area (Å²) in [5.41, 5.74) is 0.200. The fraction of sp³-hybridized carbons (Fsp3) is 0.833. The topological polar surface area (TPSA) is 23.6 Å². The van der Waals surface area contributed by atoms with Gasteiger partial charge in [-0.3, -0.25) is 4.79 Å². The van der Waals surface area contributed by atoms with Gasteiger partial charge in [-0.25, -0.2) is 0 Å². The van der Waals surface area contributed by atoms with Gasteiger partial charge in [0, 0.05) is 26.2 Å². The fourth-order valence-electron chi connectivity index (χ4n) is 2.50. The molecule has 0 aromatic carbocycles. The van der Waals surface area contributed by atoms with Crippen LogP contribution in [0.3, 0.4) is 0 Å². The minimum atomic E-state index is 0.107. The van der Waals surface area contributed by atoms with E-state index in [1.807, 2.05) is 37.0 Å². The minimum absolute atomic E-state index is 0.107. The molecule has 0 aliphatic carbocycles. The highest BCUT2D eigenvalue weighted by Crippen LogP contribution is 2.25. The first-order valence-electron chi connectivity index (χ1n) is 8.35. The highest BCUT2D eigenvalue weighted by molar-refractivity contribution is 5.87. The van der Waals surface area contributed by atoms with Crippen LogP contribution in [0.1, 0.15) is 59.3 Å². The van der Waals surface area contributed by atoms with Crippen LogP contribution in [-0.4, -0.2) is 49.9 Å². The molecular formula is C18H36N2O. The van der Waals surface area contributed by atoms with Crippen LogP contribution in [0.4, 0.5) is 0 Å². The molecule has 21 heavy (non-hydrogen) atoms. The molecular weight excluding hydrogens is 260 g/mol. The van der Waals surface area contributed by atoms with Crippen molar-refractivity contribution in [1.29, 1.82) is 0 Å². The van der Waals surface area contributed by atoms with E-state index >= 15 is 0 Å². The smallest absolute Gasteiger partial charge is 0.246 e. The zero-order chi connectivity index (χ0) is 16.3. The Bertz CT molecular complexity index is 308. The van der Waals surface area contributed by atoms with Crippen molar-refractivity contribution in [2.24, 2.45) is 5.41 Å². The Hall–Kier alpha value is -0.830. The van der Waals surface area contributed by atoms with Crippen molar-refractivity contribution in [3.05, 3.63) is 12.2 Å². The van der Waals surface area contributed by atoms with E-state index in [2.05, 4.69) is 20.8 Å². The first kappa shape index (κ1) is 20.2. The summed E-state index contributed by atoms with van der Waals surface area (Å²) in [6.07, 6.45) is 11.4. The van der Waals surface area contributed by atoms with Crippen LogP contribution in [0, 0.1) is 5.41 Å². The third kappa shape index (κ3) is 11.5. The van der Waals surface area contributed by atoms with Crippen molar-refractivity contribution in [3.63, 3.8) is 0 Å². The maximum atomic E-state index is 12.0. The molecule has 0 atom stereocenters. The molecule has 0 bridgehead atoms. The quantitative estimate of drug-likeness (QED) is 0.426. The number of carbonyl (C=O) groups is 1. The molecule has 0 N–H and O–H groups in total. The van der Waals surface area contributed by atoms with Crippen molar-refractivity contribution >= 4 is 5.91 Å². The number of hydrogen-bond donors (Lipinski definition) is 0. The van der Waals surface area contributed by atoms with E-state index in [1.54, 1.807) is 6.08 Å². The number of rotatable bonds is 11. The van der Waals surface area contributed by atoms with Crippen LogP contribution < -0.4 is 0 Å². The Morgan fingerprint density at radius 3 is 2.24 bits per heavy atom. The Kier molecular flexibility index (Phi) is 10.4. The molecule has 1 amide bonds. The van der Waals surface area contributed by atoms with Crippen molar-refractivity contribution in [2.45, 2.75) is 59.3 Å². The third-order valence-corrected chi connectivity index (χ3v) is 3.73. The van der Waals surface area contributed by atoms with Crippen molar-refractivity contribution in [2.75, 3.05) is 34.2 Å². The van der Waals surface area contributed by atoms with Gasteiger partial charge >= 0.3 is 0 Å². The number of hydrogen-bond acceptors (Lipinski definition) is 2. The van der Waals surface area contributed by atoms with Gasteiger partial charge < -0.3 is 9.80 Å². The summed E-state index contributed by atoms with van der Waals surface area (Å²) in [6, 6.07) is 0. The van der Waals surface area contributed by atoms with Crippen LogP contribution in [0.2, 0.25) is 0 Å². The predicted octanol–water partition coefficient (Wildman–Crippen LogP) is 3.95.